The molecule has 3 heterocycles. The van der Waals surface area contributed by atoms with Gasteiger partial charge in [0.15, 0.2) is 0 Å². The predicted octanol–water partition coefficient (Wildman–Crippen LogP) is 11.8. The van der Waals surface area contributed by atoms with E-state index in [1.54, 1.807) is 29.2 Å². The average Bonchev–Trinajstić information content (AvgIpc) is 3.79. The average molecular weight is 663 g/mol. The van der Waals surface area contributed by atoms with Gasteiger partial charge >= 0.3 is 5.97 Å². The van der Waals surface area contributed by atoms with Gasteiger partial charge in [0.25, 0.3) is 0 Å². The second-order valence-electron chi connectivity index (χ2n) is 11.1. The molecule has 5 aromatic rings. The van der Waals surface area contributed by atoms with Gasteiger partial charge in [0.05, 0.1) is 18.0 Å². The summed E-state index contributed by atoms with van der Waals surface area (Å²) in [5.41, 5.74) is 5.25. The fourth-order valence-corrected chi connectivity index (χ4v) is 8.28. The Bertz CT molecular complexity index is 1890. The minimum absolute atomic E-state index is 0.276. The Kier molecular flexibility index (Phi) is 10.2. The summed E-state index contributed by atoms with van der Waals surface area (Å²) in [4.78, 5) is 18.9. The lowest BCUT2D eigenvalue weighted by atomic mass is 10.1. The number of hydrogen-bond donors (Lipinski definition) is 1. The van der Waals surface area contributed by atoms with Crippen LogP contribution in [0.25, 0.3) is 27.0 Å². The summed E-state index contributed by atoms with van der Waals surface area (Å²) in [6, 6.07) is 31.4. The molecular formula is C38H34N2O3S3. The molecule has 0 amide bonds. The van der Waals surface area contributed by atoms with Crippen molar-refractivity contribution in [2.45, 2.75) is 55.2 Å². The maximum atomic E-state index is 11.3. The first kappa shape index (κ1) is 31.7. The molecule has 0 spiro atoms. The van der Waals surface area contributed by atoms with Crippen LogP contribution in [0.4, 0.5) is 17.1 Å². The SMILES string of the molecule is CCCCCCCCOc1ccc(N2c3ccc(-c4cccs4)cc3Sc3cc(-c4ccc(/C=C(/C#N)C(=O)O)s4)ccc32)cc1. The maximum Gasteiger partial charge on any atom is 0.346 e. The number of nitrogens with zero attached hydrogens (tertiary/aromatic N) is 2. The number of aliphatic carboxylic acids is 1. The van der Waals surface area contributed by atoms with Crippen molar-refractivity contribution in [3.05, 3.63) is 101 Å². The Morgan fingerprint density at radius 3 is 2.22 bits per heavy atom. The van der Waals surface area contributed by atoms with Crippen LogP contribution in [-0.4, -0.2) is 17.7 Å². The molecule has 1 aliphatic rings. The number of carboxylic acids is 1. The minimum Gasteiger partial charge on any atom is -0.494 e. The van der Waals surface area contributed by atoms with Gasteiger partial charge in [-0.2, -0.15) is 5.26 Å². The van der Waals surface area contributed by atoms with Crippen LogP contribution in [0, 0.1) is 11.3 Å². The van der Waals surface area contributed by atoms with Crippen molar-refractivity contribution in [1.82, 2.24) is 0 Å². The van der Waals surface area contributed by atoms with Gasteiger partial charge in [-0.15, -0.1) is 22.7 Å². The van der Waals surface area contributed by atoms with Gasteiger partial charge in [-0.05, 0) is 95.7 Å². The molecule has 0 radical (unpaired) electrons. The van der Waals surface area contributed by atoms with E-state index in [2.05, 4.69) is 90.0 Å². The van der Waals surface area contributed by atoms with Crippen LogP contribution in [0.3, 0.4) is 0 Å². The molecule has 0 bridgehead atoms. The van der Waals surface area contributed by atoms with Crippen LogP contribution >= 0.6 is 34.4 Å². The lowest BCUT2D eigenvalue weighted by molar-refractivity contribution is -0.132. The van der Waals surface area contributed by atoms with Crippen LogP contribution in [-0.2, 0) is 4.79 Å². The molecule has 8 heteroatoms. The number of ether oxygens (including phenoxy) is 1. The van der Waals surface area contributed by atoms with Crippen molar-refractivity contribution < 1.29 is 14.6 Å². The number of benzene rings is 3. The molecule has 0 aliphatic carbocycles. The van der Waals surface area contributed by atoms with Gasteiger partial charge in [0.2, 0.25) is 0 Å². The minimum atomic E-state index is -1.22. The molecule has 0 unspecified atom stereocenters. The first-order valence-corrected chi connectivity index (χ1v) is 18.0. The lowest BCUT2D eigenvalue weighted by Gasteiger charge is -2.33. The number of carboxylic acid groups (broad SMARTS) is 1. The zero-order chi connectivity index (χ0) is 31.9. The fraction of sp³-hybridized carbons (Fsp3) is 0.211. The molecule has 3 aromatic carbocycles. The summed E-state index contributed by atoms with van der Waals surface area (Å²) >= 11 is 4.97. The molecule has 0 atom stereocenters. The Balaban J connectivity index is 1.29. The van der Waals surface area contributed by atoms with E-state index in [0.29, 0.717) is 0 Å². The molecular weight excluding hydrogens is 629 g/mol. The molecule has 0 fully saturated rings. The molecule has 5 nitrogen and oxygen atoms in total. The topological polar surface area (TPSA) is 73.6 Å². The number of carbonyl (C=O) groups is 1. The van der Waals surface area contributed by atoms with Crippen LogP contribution in [0.15, 0.2) is 106 Å². The Hall–Kier alpha value is -4.29. The number of anilines is 3. The molecule has 232 valence electrons. The zero-order valence-electron chi connectivity index (χ0n) is 25.6. The molecule has 1 N–H and O–H groups in total. The quantitative estimate of drug-likeness (QED) is 0.0753. The van der Waals surface area contributed by atoms with E-state index in [1.165, 1.54) is 64.9 Å². The summed E-state index contributed by atoms with van der Waals surface area (Å²) < 4.78 is 6.09. The van der Waals surface area contributed by atoms with Gasteiger partial charge in [0.1, 0.15) is 17.4 Å². The summed E-state index contributed by atoms with van der Waals surface area (Å²) in [5, 5.41) is 20.6. The van der Waals surface area contributed by atoms with Crippen LogP contribution < -0.4 is 9.64 Å². The van der Waals surface area contributed by atoms with Crippen molar-refractivity contribution >= 4 is 63.5 Å². The number of unbranched alkanes of at least 4 members (excludes halogenated alkanes) is 5. The Morgan fingerprint density at radius 1 is 0.870 bits per heavy atom. The van der Waals surface area contributed by atoms with E-state index in [0.717, 1.165) is 56.1 Å². The number of fused-ring (bicyclic) bond motifs is 2. The van der Waals surface area contributed by atoms with Gasteiger partial charge in [-0.3, -0.25) is 0 Å². The van der Waals surface area contributed by atoms with Crippen molar-refractivity contribution in [2.75, 3.05) is 11.5 Å². The smallest absolute Gasteiger partial charge is 0.346 e. The van der Waals surface area contributed by atoms with Gasteiger partial charge < -0.3 is 14.7 Å². The van der Waals surface area contributed by atoms with Gasteiger partial charge in [-0.1, -0.05) is 69.0 Å². The molecule has 2 aromatic heterocycles. The lowest BCUT2D eigenvalue weighted by Crippen LogP contribution is -2.15. The Morgan fingerprint density at radius 2 is 1.57 bits per heavy atom. The highest BCUT2D eigenvalue weighted by atomic mass is 32.2. The van der Waals surface area contributed by atoms with Gasteiger partial charge in [-0.25, -0.2) is 4.79 Å². The number of rotatable bonds is 13. The van der Waals surface area contributed by atoms with E-state index in [1.807, 2.05) is 12.1 Å². The second-order valence-corrected chi connectivity index (χ2v) is 14.2. The molecule has 0 saturated carbocycles. The van der Waals surface area contributed by atoms with E-state index in [4.69, 9.17) is 4.74 Å². The van der Waals surface area contributed by atoms with Crippen molar-refractivity contribution in [3.8, 4) is 32.7 Å². The normalized spacial score (nSPS) is 12.3. The first-order chi connectivity index (χ1) is 22.5. The third-order valence-electron chi connectivity index (χ3n) is 7.84. The third kappa shape index (κ3) is 7.23. The van der Waals surface area contributed by atoms with Crippen molar-refractivity contribution in [3.63, 3.8) is 0 Å². The summed E-state index contributed by atoms with van der Waals surface area (Å²) in [5.74, 6) is -0.335. The molecule has 6 rings (SSSR count). The monoisotopic (exact) mass is 662 g/mol. The molecule has 1 aliphatic heterocycles. The fourth-order valence-electron chi connectivity index (χ4n) is 5.47. The number of thiophene rings is 2. The standard InChI is InChI=1S/C38H34N2O3S3/c1-2-3-4-5-6-7-20-43-30-14-12-29(13-15-30)40-32-17-10-26(34-9-8-21-44-34)23-36(32)46-37-24-27(11-18-33(37)40)35-19-16-31(45-35)22-28(25-39)38(41)42/h8-19,21-24H,2-7,20H2,1H3,(H,41,42)/b28-22-. The first-order valence-electron chi connectivity index (χ1n) is 15.5. The summed E-state index contributed by atoms with van der Waals surface area (Å²) in [7, 11) is 0. The van der Waals surface area contributed by atoms with E-state index >= 15 is 0 Å². The highest BCUT2D eigenvalue weighted by Crippen LogP contribution is 2.53. The maximum absolute atomic E-state index is 11.3. The summed E-state index contributed by atoms with van der Waals surface area (Å²) in [6.07, 6.45) is 8.86. The number of nitriles is 1. The predicted molar refractivity (Wildman–Crippen MR) is 192 cm³/mol. The van der Waals surface area contributed by atoms with E-state index < -0.39 is 5.97 Å². The number of hydrogen-bond acceptors (Lipinski definition) is 7. The van der Waals surface area contributed by atoms with Gasteiger partial charge in [0, 0.05) is 30.1 Å². The second kappa shape index (κ2) is 14.9. The van der Waals surface area contributed by atoms with Crippen LogP contribution in [0.2, 0.25) is 0 Å². The highest BCUT2D eigenvalue weighted by Gasteiger charge is 2.26. The molecule has 46 heavy (non-hydrogen) atoms. The zero-order valence-corrected chi connectivity index (χ0v) is 28.0. The van der Waals surface area contributed by atoms with Crippen LogP contribution in [0.1, 0.15) is 50.3 Å². The molecule has 0 saturated heterocycles. The van der Waals surface area contributed by atoms with Crippen molar-refractivity contribution in [1.29, 1.82) is 5.26 Å². The van der Waals surface area contributed by atoms with E-state index in [9.17, 15) is 15.2 Å². The highest BCUT2D eigenvalue weighted by molar-refractivity contribution is 7.99. The summed E-state index contributed by atoms with van der Waals surface area (Å²) in [6.45, 7) is 2.98. The van der Waals surface area contributed by atoms with Crippen molar-refractivity contribution in [2.24, 2.45) is 0 Å². The Labute approximate surface area is 282 Å². The largest absolute Gasteiger partial charge is 0.494 e. The third-order valence-corrected chi connectivity index (χ3v) is 10.9. The van der Waals surface area contributed by atoms with E-state index in [-0.39, 0.29) is 5.57 Å². The van der Waals surface area contributed by atoms with Crippen LogP contribution in [0.5, 0.6) is 5.75 Å².